The van der Waals surface area contributed by atoms with Crippen LogP contribution in [0.25, 0.3) is 11.0 Å². The minimum absolute atomic E-state index is 0.0557. The van der Waals surface area contributed by atoms with Crippen LogP contribution in [-0.2, 0) is 13.0 Å². The van der Waals surface area contributed by atoms with Crippen molar-refractivity contribution in [3.8, 4) is 0 Å². The number of carbonyl (C=O) groups excluding carboxylic acids is 1. The van der Waals surface area contributed by atoms with Crippen LogP contribution < -0.4 is 10.7 Å². The van der Waals surface area contributed by atoms with Crippen molar-refractivity contribution in [2.24, 2.45) is 5.92 Å². The third-order valence-electron chi connectivity index (χ3n) is 5.73. The summed E-state index contributed by atoms with van der Waals surface area (Å²) < 4.78 is 5.66. The lowest BCUT2D eigenvalue weighted by molar-refractivity contribution is 0.0878. The highest BCUT2D eigenvalue weighted by Gasteiger charge is 2.26. The summed E-state index contributed by atoms with van der Waals surface area (Å²) in [4.78, 5) is 27.4. The van der Waals surface area contributed by atoms with E-state index in [1.165, 1.54) is 17.2 Å². The lowest BCUT2D eigenvalue weighted by Crippen LogP contribution is -2.48. The van der Waals surface area contributed by atoms with Crippen molar-refractivity contribution in [1.82, 2.24) is 10.2 Å². The Morgan fingerprint density at radius 2 is 1.83 bits per heavy atom. The summed E-state index contributed by atoms with van der Waals surface area (Å²) in [5, 5.41) is 3.46. The quantitative estimate of drug-likeness (QED) is 0.723. The summed E-state index contributed by atoms with van der Waals surface area (Å²) in [6.45, 7) is 6.72. The Morgan fingerprint density at radius 3 is 2.62 bits per heavy atom. The normalized spacial score (nSPS) is 15.3. The van der Waals surface area contributed by atoms with E-state index in [1.807, 2.05) is 0 Å². The van der Waals surface area contributed by atoms with Crippen molar-refractivity contribution in [1.29, 1.82) is 0 Å². The summed E-state index contributed by atoms with van der Waals surface area (Å²) in [5.41, 5.74) is 2.99. The van der Waals surface area contributed by atoms with E-state index in [4.69, 9.17) is 4.42 Å². The second-order valence-electron chi connectivity index (χ2n) is 7.98. The lowest BCUT2D eigenvalue weighted by Gasteiger charge is -2.38. The first-order valence-electron chi connectivity index (χ1n) is 10.1. The minimum Gasteiger partial charge on any atom is -0.451 e. The summed E-state index contributed by atoms with van der Waals surface area (Å²) in [7, 11) is 0. The van der Waals surface area contributed by atoms with Crippen LogP contribution in [0.2, 0.25) is 0 Å². The molecule has 150 valence electrons. The number of nitrogens with zero attached hydrogens (tertiary/aromatic N) is 1. The molecule has 1 atom stereocenters. The smallest absolute Gasteiger partial charge is 0.287 e. The number of hydrogen-bond donors (Lipinski definition) is 1. The number of benzene rings is 2. The van der Waals surface area contributed by atoms with Crippen LogP contribution in [0.3, 0.4) is 0 Å². The van der Waals surface area contributed by atoms with Gasteiger partial charge in [-0.15, -0.1) is 0 Å². The second-order valence-corrected chi connectivity index (χ2v) is 7.98. The molecular weight excluding hydrogens is 364 g/mol. The number of hydrogen-bond acceptors (Lipinski definition) is 4. The average molecular weight is 390 g/mol. The molecule has 5 nitrogen and oxygen atoms in total. The highest BCUT2D eigenvalue weighted by molar-refractivity contribution is 5.93. The van der Waals surface area contributed by atoms with Crippen molar-refractivity contribution in [3.63, 3.8) is 0 Å². The van der Waals surface area contributed by atoms with Crippen LogP contribution in [0.4, 0.5) is 0 Å². The summed E-state index contributed by atoms with van der Waals surface area (Å²) in [6, 6.07) is 17.0. The fraction of sp³-hybridized carbons (Fsp3) is 0.333. The molecule has 1 N–H and O–H groups in total. The van der Waals surface area contributed by atoms with Gasteiger partial charge in [0.25, 0.3) is 5.91 Å². The summed E-state index contributed by atoms with van der Waals surface area (Å²) in [5.74, 6) is 0.0836. The van der Waals surface area contributed by atoms with E-state index in [-0.39, 0.29) is 23.1 Å². The molecule has 0 aliphatic carbocycles. The molecule has 0 saturated carbocycles. The summed E-state index contributed by atoms with van der Waals surface area (Å²) in [6.07, 6.45) is 1.02. The molecule has 0 spiro atoms. The van der Waals surface area contributed by atoms with E-state index in [0.29, 0.717) is 23.4 Å². The van der Waals surface area contributed by atoms with Crippen molar-refractivity contribution in [2.75, 3.05) is 13.1 Å². The fourth-order valence-corrected chi connectivity index (χ4v) is 4.09. The number of amides is 1. The molecule has 1 unspecified atom stereocenters. The van der Waals surface area contributed by atoms with Crippen LogP contribution in [0.15, 0.2) is 63.8 Å². The predicted octanol–water partition coefficient (Wildman–Crippen LogP) is 3.61. The maximum Gasteiger partial charge on any atom is 0.287 e. The molecule has 1 aliphatic heterocycles. The van der Waals surface area contributed by atoms with Crippen LogP contribution in [0, 0.1) is 5.92 Å². The molecule has 0 saturated heterocycles. The molecule has 5 heteroatoms. The van der Waals surface area contributed by atoms with Crippen molar-refractivity contribution >= 4 is 16.9 Å². The monoisotopic (exact) mass is 390 g/mol. The van der Waals surface area contributed by atoms with Gasteiger partial charge < -0.3 is 9.73 Å². The van der Waals surface area contributed by atoms with Gasteiger partial charge in [0.15, 0.2) is 11.2 Å². The van der Waals surface area contributed by atoms with Gasteiger partial charge in [-0.1, -0.05) is 50.2 Å². The molecule has 4 rings (SSSR count). The molecule has 1 amide bonds. The number of nitrogens with one attached hydrogen (secondary N) is 1. The second kappa shape index (κ2) is 8.21. The van der Waals surface area contributed by atoms with E-state index in [2.05, 4.69) is 48.3 Å². The lowest BCUT2D eigenvalue weighted by atomic mass is 9.95. The maximum absolute atomic E-state index is 12.7. The maximum atomic E-state index is 12.7. The molecule has 1 aromatic heterocycles. The number of carbonyl (C=O) groups is 1. The van der Waals surface area contributed by atoms with Gasteiger partial charge in [-0.05, 0) is 35.6 Å². The van der Waals surface area contributed by atoms with Crippen LogP contribution >= 0.6 is 0 Å². The van der Waals surface area contributed by atoms with Crippen LogP contribution in [0.5, 0.6) is 0 Å². The van der Waals surface area contributed by atoms with E-state index in [0.717, 1.165) is 19.5 Å². The largest absolute Gasteiger partial charge is 0.451 e. The topological polar surface area (TPSA) is 62.6 Å². The van der Waals surface area contributed by atoms with Gasteiger partial charge in [0.1, 0.15) is 5.58 Å². The Labute approximate surface area is 170 Å². The van der Waals surface area contributed by atoms with Crippen molar-refractivity contribution in [2.45, 2.75) is 32.9 Å². The highest BCUT2D eigenvalue weighted by Crippen LogP contribution is 2.23. The number of para-hydroxylation sites is 1. The average Bonchev–Trinajstić information content (AvgIpc) is 2.73. The highest BCUT2D eigenvalue weighted by atomic mass is 16.3. The van der Waals surface area contributed by atoms with Gasteiger partial charge in [-0.3, -0.25) is 14.5 Å². The van der Waals surface area contributed by atoms with Gasteiger partial charge in [0.2, 0.25) is 0 Å². The fourth-order valence-electron chi connectivity index (χ4n) is 4.09. The van der Waals surface area contributed by atoms with Gasteiger partial charge in [0.05, 0.1) is 5.39 Å². The van der Waals surface area contributed by atoms with E-state index in [9.17, 15) is 9.59 Å². The Bertz CT molecular complexity index is 1090. The van der Waals surface area contributed by atoms with Gasteiger partial charge in [-0.2, -0.15) is 0 Å². The number of fused-ring (bicyclic) bond motifs is 2. The molecule has 3 aromatic rings. The first-order chi connectivity index (χ1) is 14.0. The van der Waals surface area contributed by atoms with Crippen LogP contribution in [0.1, 0.15) is 35.5 Å². The molecule has 2 heterocycles. The molecule has 0 radical (unpaired) electrons. The third-order valence-corrected chi connectivity index (χ3v) is 5.73. The zero-order valence-corrected chi connectivity index (χ0v) is 16.9. The Morgan fingerprint density at radius 1 is 1.10 bits per heavy atom. The molecule has 29 heavy (non-hydrogen) atoms. The van der Waals surface area contributed by atoms with Gasteiger partial charge in [-0.25, -0.2) is 0 Å². The minimum atomic E-state index is -0.351. The predicted molar refractivity (Wildman–Crippen MR) is 114 cm³/mol. The summed E-state index contributed by atoms with van der Waals surface area (Å²) >= 11 is 0. The Balaban J connectivity index is 1.48. The first-order valence-corrected chi connectivity index (χ1v) is 10.1. The first kappa shape index (κ1) is 19.4. The molecule has 2 aromatic carbocycles. The molecule has 0 fully saturated rings. The van der Waals surface area contributed by atoms with Gasteiger partial charge in [0, 0.05) is 31.7 Å². The van der Waals surface area contributed by atoms with Crippen molar-refractivity contribution in [3.05, 3.63) is 81.7 Å². The Kier molecular flexibility index (Phi) is 5.49. The molecular formula is C24H26N2O3. The van der Waals surface area contributed by atoms with E-state index in [1.54, 1.807) is 24.3 Å². The van der Waals surface area contributed by atoms with E-state index < -0.39 is 0 Å². The van der Waals surface area contributed by atoms with Gasteiger partial charge >= 0.3 is 0 Å². The SMILES string of the molecule is CC(C)C(CNC(=O)c1cc(=O)c2ccccc2o1)N1CCc2ccccc2C1. The standard InChI is InChI=1S/C24H26N2O3/c1-16(2)20(26-12-11-17-7-3-4-8-18(17)15-26)14-25-24(28)23-13-21(27)19-9-5-6-10-22(19)29-23/h3-10,13,16,20H,11-12,14-15H2,1-2H3,(H,25,28). The third kappa shape index (κ3) is 4.10. The Hall–Kier alpha value is -2.92. The molecule has 1 aliphatic rings. The number of rotatable bonds is 5. The van der Waals surface area contributed by atoms with E-state index >= 15 is 0 Å². The van der Waals surface area contributed by atoms with Crippen molar-refractivity contribution < 1.29 is 9.21 Å². The zero-order valence-electron chi connectivity index (χ0n) is 16.9. The molecule has 0 bridgehead atoms. The zero-order chi connectivity index (χ0) is 20.4. The van der Waals surface area contributed by atoms with Crippen LogP contribution in [-0.4, -0.2) is 29.9 Å².